The summed E-state index contributed by atoms with van der Waals surface area (Å²) in [5, 5.41) is 44.3. The third kappa shape index (κ3) is 3.28. The summed E-state index contributed by atoms with van der Waals surface area (Å²) in [5.41, 5.74) is -0.936. The summed E-state index contributed by atoms with van der Waals surface area (Å²) < 4.78 is 5.38. The van der Waals surface area contributed by atoms with E-state index in [-0.39, 0.29) is 52.0 Å². The second-order valence-corrected chi connectivity index (χ2v) is 15.3. The first-order valence-corrected chi connectivity index (χ1v) is 14.5. The molecule has 0 aromatic carbocycles. The number of ether oxygens (including phenoxy) is 1. The Labute approximate surface area is 222 Å². The van der Waals surface area contributed by atoms with Crippen molar-refractivity contribution in [3.63, 3.8) is 0 Å². The van der Waals surface area contributed by atoms with Gasteiger partial charge in [0, 0.05) is 5.41 Å². The third-order valence-electron chi connectivity index (χ3n) is 13.3. The van der Waals surface area contributed by atoms with Gasteiger partial charge in [0.1, 0.15) is 5.41 Å². The van der Waals surface area contributed by atoms with Gasteiger partial charge >= 0.3 is 5.97 Å². The van der Waals surface area contributed by atoms with Crippen LogP contribution in [0.1, 0.15) is 92.9 Å². The lowest BCUT2D eigenvalue weighted by Gasteiger charge is -2.72. The lowest BCUT2D eigenvalue weighted by Crippen LogP contribution is -2.69. The number of hydrogen-bond donors (Lipinski definition) is 4. The van der Waals surface area contributed by atoms with E-state index in [0.717, 1.165) is 32.1 Å². The molecule has 0 aliphatic heterocycles. The van der Waals surface area contributed by atoms with Gasteiger partial charge in [-0.3, -0.25) is 4.79 Å². The Balaban J connectivity index is 1.64. The fraction of sp³-hybridized carbons (Fsp3) is 0.903. The topological polar surface area (TPSA) is 107 Å². The van der Waals surface area contributed by atoms with Crippen LogP contribution >= 0.6 is 0 Å². The molecule has 11 unspecified atom stereocenters. The fourth-order valence-corrected chi connectivity index (χ4v) is 11.0. The summed E-state index contributed by atoms with van der Waals surface area (Å²) in [5.74, 6) is 0.00277. The first-order valence-electron chi connectivity index (χ1n) is 14.5. The summed E-state index contributed by atoms with van der Waals surface area (Å²) >= 11 is 0. The van der Waals surface area contributed by atoms with Crippen molar-refractivity contribution in [2.45, 2.75) is 111 Å². The molecule has 0 amide bonds. The first-order chi connectivity index (χ1) is 17.1. The molecule has 0 aromatic heterocycles. The van der Waals surface area contributed by atoms with Gasteiger partial charge in [0.2, 0.25) is 0 Å². The molecule has 0 radical (unpaired) electrons. The minimum absolute atomic E-state index is 0.0535. The van der Waals surface area contributed by atoms with E-state index in [1.807, 2.05) is 6.92 Å². The number of aliphatic hydroxyl groups excluding tert-OH is 4. The summed E-state index contributed by atoms with van der Waals surface area (Å²) in [7, 11) is 1.45. The van der Waals surface area contributed by atoms with E-state index in [0.29, 0.717) is 19.3 Å². The molecule has 4 saturated carbocycles. The highest BCUT2D eigenvalue weighted by Crippen LogP contribution is 2.75. The Morgan fingerprint density at radius 1 is 0.973 bits per heavy atom. The Kier molecular flexibility index (Phi) is 6.18. The van der Waals surface area contributed by atoms with Crippen LogP contribution in [-0.4, -0.2) is 58.4 Å². The molecular formula is C31H50O6. The summed E-state index contributed by atoms with van der Waals surface area (Å²) in [6.07, 6.45) is 5.88. The van der Waals surface area contributed by atoms with Crippen LogP contribution in [0.5, 0.6) is 0 Å². The van der Waals surface area contributed by atoms with E-state index < -0.39 is 29.1 Å². The Morgan fingerprint density at radius 2 is 1.65 bits per heavy atom. The average Bonchev–Trinajstić information content (AvgIpc) is 2.82. The van der Waals surface area contributed by atoms with Gasteiger partial charge < -0.3 is 25.2 Å². The highest BCUT2D eigenvalue weighted by atomic mass is 16.5. The molecule has 0 bridgehead atoms. The van der Waals surface area contributed by atoms with Gasteiger partial charge in [-0.05, 0) is 90.8 Å². The number of methoxy groups -OCH3 is 1. The minimum Gasteiger partial charge on any atom is -0.468 e. The number of esters is 1. The van der Waals surface area contributed by atoms with Crippen LogP contribution in [0, 0.1) is 50.2 Å². The van der Waals surface area contributed by atoms with Crippen molar-refractivity contribution in [1.29, 1.82) is 0 Å². The zero-order chi connectivity index (χ0) is 27.4. The van der Waals surface area contributed by atoms with Crippen LogP contribution in [0.15, 0.2) is 11.6 Å². The molecule has 6 nitrogen and oxygen atoms in total. The predicted molar refractivity (Wildman–Crippen MR) is 141 cm³/mol. The zero-order valence-electron chi connectivity index (χ0n) is 24.0. The van der Waals surface area contributed by atoms with Crippen molar-refractivity contribution in [3.05, 3.63) is 11.6 Å². The van der Waals surface area contributed by atoms with Crippen LogP contribution in [0.25, 0.3) is 0 Å². The maximum Gasteiger partial charge on any atom is 0.315 e. The number of fused-ring (bicyclic) bond motifs is 7. The van der Waals surface area contributed by atoms with Crippen molar-refractivity contribution in [3.8, 4) is 0 Å². The quantitative estimate of drug-likeness (QED) is 0.322. The molecule has 5 aliphatic rings. The second-order valence-electron chi connectivity index (χ2n) is 15.3. The van der Waals surface area contributed by atoms with Crippen molar-refractivity contribution in [2.24, 2.45) is 50.2 Å². The van der Waals surface area contributed by atoms with Crippen LogP contribution in [0.2, 0.25) is 0 Å². The lowest BCUT2D eigenvalue weighted by molar-refractivity contribution is -0.248. The van der Waals surface area contributed by atoms with E-state index in [1.54, 1.807) is 0 Å². The molecule has 5 aliphatic carbocycles. The van der Waals surface area contributed by atoms with E-state index >= 15 is 0 Å². The fourth-order valence-electron chi connectivity index (χ4n) is 11.0. The van der Waals surface area contributed by atoms with Gasteiger partial charge in [0.05, 0.1) is 32.0 Å². The number of carbonyl (C=O) groups excluding carboxylic acids is 1. The molecule has 37 heavy (non-hydrogen) atoms. The largest absolute Gasteiger partial charge is 0.468 e. The van der Waals surface area contributed by atoms with Gasteiger partial charge in [-0.25, -0.2) is 0 Å². The summed E-state index contributed by atoms with van der Waals surface area (Å²) in [6.45, 7) is 13.3. The molecular weight excluding hydrogens is 468 g/mol. The number of aliphatic hydroxyl groups is 4. The highest BCUT2D eigenvalue weighted by Gasteiger charge is 2.72. The normalized spacial score (nSPS) is 54.6. The monoisotopic (exact) mass is 518 g/mol. The summed E-state index contributed by atoms with van der Waals surface area (Å²) in [4.78, 5) is 13.4. The molecule has 4 N–H and O–H groups in total. The molecule has 0 aromatic rings. The Hall–Kier alpha value is -0.950. The maximum atomic E-state index is 13.4. The van der Waals surface area contributed by atoms with Gasteiger partial charge in [0.15, 0.2) is 0 Å². The van der Waals surface area contributed by atoms with Crippen molar-refractivity contribution in [1.82, 2.24) is 0 Å². The SMILES string of the molecule is COC(=O)C12CCC(C)(C)CC1C1=CCC3C4(C)CC(O)C(O)C(C)(CO)C4CCC3(C)C1(C)CC2O. The van der Waals surface area contributed by atoms with Gasteiger partial charge in [-0.15, -0.1) is 0 Å². The molecule has 0 heterocycles. The molecule has 0 saturated heterocycles. The number of allylic oxidation sites excluding steroid dienone is 2. The van der Waals surface area contributed by atoms with Crippen molar-refractivity contribution < 1.29 is 30.0 Å². The Bertz CT molecular complexity index is 990. The van der Waals surface area contributed by atoms with Gasteiger partial charge in [-0.1, -0.05) is 53.2 Å². The number of hydrogen-bond acceptors (Lipinski definition) is 6. The van der Waals surface area contributed by atoms with Crippen LogP contribution in [-0.2, 0) is 9.53 Å². The molecule has 0 spiro atoms. The third-order valence-corrected chi connectivity index (χ3v) is 13.3. The highest BCUT2D eigenvalue weighted by molar-refractivity contribution is 5.79. The molecule has 210 valence electrons. The van der Waals surface area contributed by atoms with Gasteiger partial charge in [0.25, 0.3) is 0 Å². The molecule has 4 fully saturated rings. The molecule has 11 atom stereocenters. The maximum absolute atomic E-state index is 13.4. The zero-order valence-corrected chi connectivity index (χ0v) is 24.0. The van der Waals surface area contributed by atoms with Gasteiger partial charge in [-0.2, -0.15) is 0 Å². The number of rotatable bonds is 2. The number of carbonyl (C=O) groups is 1. The lowest BCUT2D eigenvalue weighted by atomic mass is 9.33. The average molecular weight is 519 g/mol. The van der Waals surface area contributed by atoms with Crippen LogP contribution in [0.3, 0.4) is 0 Å². The first kappa shape index (κ1) is 27.6. The Morgan fingerprint density at radius 3 is 2.27 bits per heavy atom. The summed E-state index contributed by atoms with van der Waals surface area (Å²) in [6, 6.07) is 0. The van der Waals surface area contributed by atoms with E-state index in [4.69, 9.17) is 4.74 Å². The standard InChI is InChI=1S/C31H50O6/c1-26(2)12-13-31(25(36)37-7)19(14-26)18-8-9-22-27(3)15-20(33)24(35)28(4,17-32)21(27)10-11-29(22,5)30(18,6)16-23(31)34/h8,19-24,32-35H,9-17H2,1-7H3. The van der Waals surface area contributed by atoms with E-state index in [1.165, 1.54) is 12.7 Å². The smallest absolute Gasteiger partial charge is 0.315 e. The van der Waals surface area contributed by atoms with E-state index in [2.05, 4.69) is 40.7 Å². The van der Waals surface area contributed by atoms with E-state index in [9.17, 15) is 25.2 Å². The molecule has 6 heteroatoms. The second kappa shape index (κ2) is 8.28. The van der Waals surface area contributed by atoms with Crippen molar-refractivity contribution in [2.75, 3.05) is 13.7 Å². The van der Waals surface area contributed by atoms with Crippen molar-refractivity contribution >= 4 is 5.97 Å². The van der Waals surface area contributed by atoms with Crippen LogP contribution in [0.4, 0.5) is 0 Å². The van der Waals surface area contributed by atoms with Crippen LogP contribution < -0.4 is 0 Å². The minimum atomic E-state index is -0.938. The predicted octanol–water partition coefficient (Wildman–Crippen LogP) is 4.24. The molecule has 5 rings (SSSR count).